The van der Waals surface area contributed by atoms with Gasteiger partial charge in [-0.2, -0.15) is 10.1 Å². The summed E-state index contributed by atoms with van der Waals surface area (Å²) in [5.41, 5.74) is 1.05. The molecule has 2 unspecified atom stereocenters. The number of piperazine rings is 1. The number of amides is 2. The summed E-state index contributed by atoms with van der Waals surface area (Å²) in [5.74, 6) is -3.45. The zero-order chi connectivity index (χ0) is 43.0. The molecule has 2 amide bonds. The van der Waals surface area contributed by atoms with Gasteiger partial charge in [-0.15, -0.1) is 0 Å². The molecular formula is C42H46ClF3N12O4. The smallest absolute Gasteiger partial charge is 0.301 e. The first-order valence-electron chi connectivity index (χ1n) is 21.1. The summed E-state index contributed by atoms with van der Waals surface area (Å²) in [6.07, 6.45) is 5.34. The Morgan fingerprint density at radius 1 is 0.952 bits per heavy atom. The van der Waals surface area contributed by atoms with Gasteiger partial charge in [-0.3, -0.25) is 29.3 Å². The number of pyridine rings is 2. The molecule has 2 atom stereocenters. The average Bonchev–Trinajstić information content (AvgIpc) is 4.06. The number of ether oxygens (including phenoxy) is 1. The molecule has 20 heteroatoms. The van der Waals surface area contributed by atoms with E-state index in [4.69, 9.17) is 26.3 Å². The molecule has 16 nitrogen and oxygen atoms in total. The summed E-state index contributed by atoms with van der Waals surface area (Å²) in [4.78, 5) is 58.5. The number of carbonyl (C=O) groups is 2. The van der Waals surface area contributed by atoms with Crippen molar-refractivity contribution in [1.29, 1.82) is 0 Å². The fraction of sp³-hybridized carbons (Fsp3) is 0.500. The lowest BCUT2D eigenvalue weighted by molar-refractivity contribution is -0.134. The number of nitrogens with one attached hydrogen (secondary N) is 3. The van der Waals surface area contributed by atoms with Gasteiger partial charge in [0.05, 0.1) is 40.7 Å². The number of alkyl halides is 2. The molecule has 62 heavy (non-hydrogen) atoms. The van der Waals surface area contributed by atoms with Crippen LogP contribution in [0.5, 0.6) is 5.75 Å². The van der Waals surface area contributed by atoms with Gasteiger partial charge in [0.15, 0.2) is 18.1 Å². The van der Waals surface area contributed by atoms with Gasteiger partial charge in [-0.1, -0.05) is 11.6 Å². The lowest BCUT2D eigenvalue weighted by Crippen LogP contribution is -2.49. The molecule has 1 aromatic carbocycles. The van der Waals surface area contributed by atoms with Crippen LogP contribution in [0.25, 0.3) is 21.9 Å². The Balaban J connectivity index is 0.774. The molecule has 326 valence electrons. The molecule has 3 saturated heterocycles. The number of aromatic nitrogens is 6. The van der Waals surface area contributed by atoms with Crippen molar-refractivity contribution < 1.29 is 27.5 Å². The highest BCUT2D eigenvalue weighted by molar-refractivity contribution is 6.33. The number of hydrogen-bond donors (Lipinski definition) is 3. The van der Waals surface area contributed by atoms with Gasteiger partial charge in [0.1, 0.15) is 16.7 Å². The Kier molecular flexibility index (Phi) is 10.2. The van der Waals surface area contributed by atoms with Crippen molar-refractivity contribution in [2.75, 3.05) is 72.9 Å². The number of anilines is 5. The van der Waals surface area contributed by atoms with Gasteiger partial charge in [0.25, 0.3) is 5.56 Å². The average molecular weight is 875 g/mol. The van der Waals surface area contributed by atoms with Crippen LogP contribution in [-0.2, 0) is 23.7 Å². The molecule has 4 fully saturated rings. The van der Waals surface area contributed by atoms with Crippen molar-refractivity contribution in [2.24, 2.45) is 25.9 Å². The molecule has 0 bridgehead atoms. The van der Waals surface area contributed by atoms with E-state index in [1.807, 2.05) is 19.2 Å². The summed E-state index contributed by atoms with van der Waals surface area (Å²) in [6.45, 7) is 4.92. The Bertz CT molecular complexity index is 2680. The highest BCUT2D eigenvalue weighted by Crippen LogP contribution is 2.46. The molecule has 1 saturated carbocycles. The van der Waals surface area contributed by atoms with Crippen LogP contribution >= 0.6 is 11.6 Å². The van der Waals surface area contributed by atoms with E-state index in [9.17, 15) is 14.4 Å². The SMILES string of the molecule is Cn1nc(C2CCC(=O)NC2=O)c2ccc(N3CCN(CC4CCN(c5ncc(Cl)c(Nc6cc7c8c(c(=O)n(C)c7cc6F)OCC(F)(F)C(C6CC6)N8)n5)CC4)CC3)nc21. The van der Waals surface area contributed by atoms with E-state index in [-0.39, 0.29) is 57.6 Å². The van der Waals surface area contributed by atoms with Crippen LogP contribution < -0.4 is 36.0 Å². The molecular weight excluding hydrogens is 829 g/mol. The Hall–Kier alpha value is -5.69. The third kappa shape index (κ3) is 7.41. The summed E-state index contributed by atoms with van der Waals surface area (Å²) in [5, 5.41) is 14.3. The molecule has 1 aliphatic carbocycles. The van der Waals surface area contributed by atoms with Crippen LogP contribution in [0.4, 0.5) is 42.1 Å². The predicted octanol–water partition coefficient (Wildman–Crippen LogP) is 4.92. The standard InChI is InChI=1S/C42H46ClF3N12O4/c1-54-30-18-28(44)29(17-26(30)34-35(40(54)61)62-21-42(45,46)36(51-34)23-3-4-23)48-37-27(43)19-47-41(52-37)58-11-9-22(10-12-58)20-56-13-15-57(16-14-56)31-7-5-24-33(53-55(2)38(24)49-31)25-6-8-32(59)50-39(25)60/h5,7,17-19,22-23,25,36,51H,3-4,6,8-16,20-21H2,1-2H3,(H,47,48,52)(H,50,59,60). The van der Waals surface area contributed by atoms with Crippen LogP contribution in [0.15, 0.2) is 35.3 Å². The van der Waals surface area contributed by atoms with Crippen LogP contribution in [0, 0.1) is 17.7 Å². The second-order valence-electron chi connectivity index (χ2n) is 17.2. The van der Waals surface area contributed by atoms with Crippen molar-refractivity contribution in [3.63, 3.8) is 0 Å². The van der Waals surface area contributed by atoms with Gasteiger partial charge in [0, 0.05) is 83.2 Å². The van der Waals surface area contributed by atoms with Gasteiger partial charge in [-0.25, -0.2) is 23.1 Å². The lowest BCUT2D eigenvalue weighted by Gasteiger charge is -2.39. The zero-order valence-corrected chi connectivity index (χ0v) is 35.0. The first-order chi connectivity index (χ1) is 29.8. The molecule has 0 spiro atoms. The number of rotatable bonds is 8. The molecule has 3 N–H and O–H groups in total. The summed E-state index contributed by atoms with van der Waals surface area (Å²) >= 11 is 6.55. The minimum Gasteiger partial charge on any atom is -0.480 e. The minimum atomic E-state index is -3.21. The monoisotopic (exact) mass is 874 g/mol. The van der Waals surface area contributed by atoms with E-state index in [1.54, 1.807) is 4.68 Å². The maximum Gasteiger partial charge on any atom is 0.301 e. The van der Waals surface area contributed by atoms with Gasteiger partial charge < -0.3 is 29.7 Å². The molecule has 5 aromatic rings. The van der Waals surface area contributed by atoms with Crippen molar-refractivity contribution in [3.05, 3.63) is 57.3 Å². The number of aryl methyl sites for hydroxylation is 2. The van der Waals surface area contributed by atoms with Crippen LogP contribution in [0.1, 0.15) is 50.1 Å². The van der Waals surface area contributed by atoms with E-state index in [2.05, 4.69) is 40.7 Å². The number of nitrogens with zero attached hydrogens (tertiary/aromatic N) is 9. The van der Waals surface area contributed by atoms with E-state index in [0.29, 0.717) is 47.9 Å². The number of hydrogen-bond acceptors (Lipinski definition) is 13. The largest absolute Gasteiger partial charge is 0.480 e. The Morgan fingerprint density at radius 3 is 2.47 bits per heavy atom. The Labute approximate surface area is 358 Å². The maximum atomic E-state index is 15.8. The lowest BCUT2D eigenvalue weighted by atomic mass is 9.93. The second-order valence-corrected chi connectivity index (χ2v) is 17.6. The number of piperidine rings is 2. The maximum absolute atomic E-state index is 15.8. The molecule has 8 heterocycles. The summed E-state index contributed by atoms with van der Waals surface area (Å²) in [7, 11) is 3.28. The topological polar surface area (TPSA) is 168 Å². The van der Waals surface area contributed by atoms with Gasteiger partial charge in [0.2, 0.25) is 23.5 Å². The molecule has 10 rings (SSSR count). The van der Waals surface area contributed by atoms with Gasteiger partial charge in [-0.05, 0) is 62.1 Å². The highest BCUT2D eigenvalue weighted by atomic mass is 35.5. The molecule has 0 radical (unpaired) electrons. The first-order valence-corrected chi connectivity index (χ1v) is 21.5. The van der Waals surface area contributed by atoms with E-state index >= 15 is 13.2 Å². The van der Waals surface area contributed by atoms with Crippen molar-refractivity contribution in [2.45, 2.75) is 56.4 Å². The normalized spacial score (nSPS) is 22.3. The van der Waals surface area contributed by atoms with Crippen LogP contribution in [0.3, 0.4) is 0 Å². The van der Waals surface area contributed by atoms with Crippen LogP contribution in [-0.4, -0.2) is 110 Å². The molecule has 5 aliphatic rings. The summed E-state index contributed by atoms with van der Waals surface area (Å²) in [6, 6.07) is 5.40. The third-order valence-corrected chi connectivity index (χ3v) is 13.3. The number of fused-ring (bicyclic) bond motifs is 4. The Morgan fingerprint density at radius 2 is 1.73 bits per heavy atom. The predicted molar refractivity (Wildman–Crippen MR) is 227 cm³/mol. The fourth-order valence-electron chi connectivity index (χ4n) is 9.42. The minimum absolute atomic E-state index is 0.00305. The third-order valence-electron chi connectivity index (χ3n) is 13.1. The summed E-state index contributed by atoms with van der Waals surface area (Å²) < 4.78 is 54.4. The quantitative estimate of drug-likeness (QED) is 0.180. The number of halogens is 4. The fourth-order valence-corrected chi connectivity index (χ4v) is 9.56. The molecule has 4 aromatic heterocycles. The van der Waals surface area contributed by atoms with E-state index in [1.165, 1.54) is 29.9 Å². The van der Waals surface area contributed by atoms with Crippen molar-refractivity contribution in [1.82, 2.24) is 39.5 Å². The second kappa shape index (κ2) is 15.6. The van der Waals surface area contributed by atoms with E-state index in [0.717, 1.165) is 69.9 Å². The zero-order valence-electron chi connectivity index (χ0n) is 34.3. The van der Waals surface area contributed by atoms with Gasteiger partial charge >= 0.3 is 5.92 Å². The number of imide groups is 1. The van der Waals surface area contributed by atoms with Crippen molar-refractivity contribution in [3.8, 4) is 5.75 Å². The molecule has 4 aliphatic heterocycles. The van der Waals surface area contributed by atoms with Crippen molar-refractivity contribution >= 4 is 74.3 Å². The highest BCUT2D eigenvalue weighted by Gasteiger charge is 2.51. The van der Waals surface area contributed by atoms with Crippen LogP contribution in [0.2, 0.25) is 5.02 Å². The first kappa shape index (κ1) is 40.4. The number of carbonyl (C=O) groups excluding carboxylic acids is 2. The number of benzene rings is 1. The van der Waals surface area contributed by atoms with E-state index < -0.39 is 35.9 Å².